The Bertz CT molecular complexity index is 518. The number of carbonyl (C=O) groups excluding carboxylic acids is 1. The number of rotatable bonds is 2. The first kappa shape index (κ1) is 14.2. The van der Waals surface area contributed by atoms with E-state index in [1.54, 1.807) is 0 Å². The highest BCUT2D eigenvalue weighted by Crippen LogP contribution is 2.31. The summed E-state index contributed by atoms with van der Waals surface area (Å²) in [5.74, 6) is 1.49. The van der Waals surface area contributed by atoms with Crippen molar-refractivity contribution in [3.8, 4) is 11.5 Å². The first-order valence-electron chi connectivity index (χ1n) is 7.64. The van der Waals surface area contributed by atoms with Crippen LogP contribution in [0.2, 0.25) is 0 Å². The van der Waals surface area contributed by atoms with Gasteiger partial charge in [0.1, 0.15) is 0 Å². The van der Waals surface area contributed by atoms with Crippen LogP contribution >= 0.6 is 0 Å². The Morgan fingerprint density at radius 3 is 2.86 bits per heavy atom. The molecule has 5 nitrogen and oxygen atoms in total. The number of benzene rings is 1. The molecule has 21 heavy (non-hydrogen) atoms. The van der Waals surface area contributed by atoms with E-state index < -0.39 is 0 Å². The van der Waals surface area contributed by atoms with Gasteiger partial charge in [0.2, 0.25) is 0 Å². The van der Waals surface area contributed by atoms with Crippen molar-refractivity contribution < 1.29 is 14.3 Å². The molecule has 0 aromatic heterocycles. The summed E-state index contributed by atoms with van der Waals surface area (Å²) < 4.78 is 11.3. The van der Waals surface area contributed by atoms with E-state index in [9.17, 15) is 4.79 Å². The van der Waals surface area contributed by atoms with Gasteiger partial charge in [0.05, 0.1) is 13.2 Å². The van der Waals surface area contributed by atoms with Gasteiger partial charge in [-0.15, -0.1) is 0 Å². The van der Waals surface area contributed by atoms with Crippen LogP contribution in [0.15, 0.2) is 18.2 Å². The minimum Gasteiger partial charge on any atom is -0.490 e. The average molecular weight is 290 g/mol. The first-order valence-corrected chi connectivity index (χ1v) is 7.64. The van der Waals surface area contributed by atoms with Crippen LogP contribution in [-0.2, 0) is 0 Å². The molecule has 2 aliphatic rings. The van der Waals surface area contributed by atoms with Crippen LogP contribution in [0, 0.1) is 0 Å². The fourth-order valence-electron chi connectivity index (χ4n) is 2.88. The van der Waals surface area contributed by atoms with Gasteiger partial charge in [-0.2, -0.15) is 0 Å². The molecule has 1 N–H and O–H groups in total. The van der Waals surface area contributed by atoms with Crippen LogP contribution in [0.5, 0.6) is 11.5 Å². The molecule has 1 saturated heterocycles. The minimum atomic E-state index is 0.0746. The number of likely N-dealkylation sites (tertiary alicyclic amines) is 1. The summed E-state index contributed by atoms with van der Waals surface area (Å²) in [6.45, 7) is 2.89. The third-order valence-corrected chi connectivity index (χ3v) is 4.11. The molecule has 0 bridgehead atoms. The number of carbonyl (C=O) groups is 1. The number of nitrogens with one attached hydrogen (secondary N) is 1. The van der Waals surface area contributed by atoms with E-state index in [0.717, 1.165) is 38.1 Å². The third kappa shape index (κ3) is 3.13. The number of hydrogen-bond acceptors (Lipinski definition) is 4. The highest BCUT2D eigenvalue weighted by molar-refractivity contribution is 5.95. The van der Waals surface area contributed by atoms with Crippen molar-refractivity contribution in [2.75, 3.05) is 33.4 Å². The zero-order valence-electron chi connectivity index (χ0n) is 12.4. The maximum absolute atomic E-state index is 12.6. The van der Waals surface area contributed by atoms with E-state index in [0.29, 0.717) is 30.6 Å². The fourth-order valence-corrected chi connectivity index (χ4v) is 2.88. The van der Waals surface area contributed by atoms with E-state index >= 15 is 0 Å². The zero-order valence-corrected chi connectivity index (χ0v) is 12.4. The van der Waals surface area contributed by atoms with Gasteiger partial charge in [-0.05, 0) is 38.1 Å². The monoisotopic (exact) mass is 290 g/mol. The quantitative estimate of drug-likeness (QED) is 0.900. The highest BCUT2D eigenvalue weighted by atomic mass is 16.5. The van der Waals surface area contributed by atoms with Crippen LogP contribution in [0.3, 0.4) is 0 Å². The maximum atomic E-state index is 12.6. The highest BCUT2D eigenvalue weighted by Gasteiger charge is 2.24. The van der Waals surface area contributed by atoms with E-state index in [4.69, 9.17) is 9.47 Å². The normalized spacial score (nSPS) is 21.8. The molecule has 114 valence electrons. The standard InChI is InChI=1S/C16H22N2O3/c1-17-13-4-2-7-18(11-13)16(19)12-5-6-14-15(10-12)21-9-3-8-20-14/h5-6,10,13,17H,2-4,7-9,11H2,1H3. The molecule has 2 aliphatic heterocycles. The SMILES string of the molecule is CNC1CCCN(C(=O)c2ccc3c(c2)OCCCO3)C1. The Kier molecular flexibility index (Phi) is 4.29. The van der Waals surface area contributed by atoms with Crippen molar-refractivity contribution in [3.05, 3.63) is 23.8 Å². The molecule has 1 aromatic carbocycles. The summed E-state index contributed by atoms with van der Waals surface area (Å²) in [4.78, 5) is 14.6. The molecule has 0 spiro atoms. The van der Waals surface area contributed by atoms with Crippen LogP contribution in [0.25, 0.3) is 0 Å². The number of fused-ring (bicyclic) bond motifs is 1. The van der Waals surface area contributed by atoms with Gasteiger partial charge in [0.15, 0.2) is 11.5 Å². The second-order valence-corrected chi connectivity index (χ2v) is 5.59. The Balaban J connectivity index is 1.76. The van der Waals surface area contributed by atoms with Crippen molar-refractivity contribution in [2.24, 2.45) is 0 Å². The third-order valence-electron chi connectivity index (χ3n) is 4.11. The smallest absolute Gasteiger partial charge is 0.254 e. The topological polar surface area (TPSA) is 50.8 Å². The summed E-state index contributed by atoms with van der Waals surface area (Å²) in [5.41, 5.74) is 0.677. The molecule has 5 heteroatoms. The van der Waals surface area contributed by atoms with E-state index in [1.165, 1.54) is 0 Å². The van der Waals surface area contributed by atoms with Gasteiger partial charge in [-0.25, -0.2) is 0 Å². The van der Waals surface area contributed by atoms with E-state index in [2.05, 4.69) is 5.32 Å². The second-order valence-electron chi connectivity index (χ2n) is 5.59. The molecule has 0 radical (unpaired) electrons. The summed E-state index contributed by atoms with van der Waals surface area (Å²) in [7, 11) is 1.95. The molecule has 1 atom stereocenters. The lowest BCUT2D eigenvalue weighted by atomic mass is 10.0. The largest absolute Gasteiger partial charge is 0.490 e. The number of piperidine rings is 1. The average Bonchev–Trinajstić information content (AvgIpc) is 2.78. The lowest BCUT2D eigenvalue weighted by molar-refractivity contribution is 0.0697. The Labute approximate surface area is 125 Å². The molecule has 0 aliphatic carbocycles. The number of likely N-dealkylation sites (N-methyl/N-ethyl adjacent to an activating group) is 1. The molecule has 2 heterocycles. The summed E-state index contributed by atoms with van der Waals surface area (Å²) >= 11 is 0. The van der Waals surface area contributed by atoms with Gasteiger partial charge in [-0.1, -0.05) is 0 Å². The number of hydrogen-bond donors (Lipinski definition) is 1. The molecule has 1 aromatic rings. The van der Waals surface area contributed by atoms with Crippen LogP contribution < -0.4 is 14.8 Å². The number of amides is 1. The Hall–Kier alpha value is -1.75. The lowest BCUT2D eigenvalue weighted by Crippen LogP contribution is -2.46. The molecule has 0 saturated carbocycles. The Morgan fingerprint density at radius 1 is 1.24 bits per heavy atom. The van der Waals surface area contributed by atoms with Crippen LogP contribution in [0.1, 0.15) is 29.6 Å². The van der Waals surface area contributed by atoms with Crippen LogP contribution in [-0.4, -0.2) is 50.2 Å². The van der Waals surface area contributed by atoms with E-state index in [1.807, 2.05) is 30.1 Å². The predicted molar refractivity (Wildman–Crippen MR) is 80.0 cm³/mol. The maximum Gasteiger partial charge on any atom is 0.254 e. The molecule has 1 unspecified atom stereocenters. The van der Waals surface area contributed by atoms with Crippen molar-refractivity contribution in [1.29, 1.82) is 0 Å². The summed E-state index contributed by atoms with van der Waals surface area (Å²) in [5, 5.41) is 3.26. The van der Waals surface area contributed by atoms with Gasteiger partial charge in [0, 0.05) is 31.1 Å². The van der Waals surface area contributed by atoms with E-state index in [-0.39, 0.29) is 5.91 Å². The predicted octanol–water partition coefficient (Wildman–Crippen LogP) is 1.67. The van der Waals surface area contributed by atoms with Gasteiger partial charge < -0.3 is 19.7 Å². The van der Waals surface area contributed by atoms with Gasteiger partial charge >= 0.3 is 0 Å². The Morgan fingerprint density at radius 2 is 2.05 bits per heavy atom. The van der Waals surface area contributed by atoms with Crippen LogP contribution in [0.4, 0.5) is 0 Å². The van der Waals surface area contributed by atoms with Gasteiger partial charge in [-0.3, -0.25) is 4.79 Å². The van der Waals surface area contributed by atoms with Gasteiger partial charge in [0.25, 0.3) is 5.91 Å². The molecule has 1 fully saturated rings. The van der Waals surface area contributed by atoms with Crippen molar-refractivity contribution in [2.45, 2.75) is 25.3 Å². The van der Waals surface area contributed by atoms with Crippen molar-refractivity contribution in [3.63, 3.8) is 0 Å². The minimum absolute atomic E-state index is 0.0746. The fraction of sp³-hybridized carbons (Fsp3) is 0.562. The van der Waals surface area contributed by atoms with Crippen molar-refractivity contribution in [1.82, 2.24) is 10.2 Å². The molecular formula is C16H22N2O3. The molecular weight excluding hydrogens is 268 g/mol. The number of ether oxygens (including phenoxy) is 2. The second kappa shape index (κ2) is 6.35. The van der Waals surface area contributed by atoms with Crippen molar-refractivity contribution >= 4 is 5.91 Å². The lowest BCUT2D eigenvalue weighted by Gasteiger charge is -2.32. The zero-order chi connectivity index (χ0) is 14.7. The molecule has 1 amide bonds. The summed E-state index contributed by atoms with van der Waals surface area (Å²) in [6.07, 6.45) is 3.04. The summed E-state index contributed by atoms with van der Waals surface area (Å²) in [6, 6.07) is 5.88. The first-order chi connectivity index (χ1) is 10.3. The molecule has 3 rings (SSSR count). The number of nitrogens with zero attached hydrogens (tertiary/aromatic N) is 1.